The molecule has 3 unspecified atom stereocenters. The van der Waals surface area contributed by atoms with Crippen LogP contribution < -0.4 is 5.32 Å². The fourth-order valence-corrected chi connectivity index (χ4v) is 3.87. The molecule has 0 saturated heterocycles. The monoisotopic (exact) mass is 283 g/mol. The van der Waals surface area contributed by atoms with Crippen molar-refractivity contribution in [1.29, 1.82) is 0 Å². The van der Waals surface area contributed by atoms with Gasteiger partial charge in [0.25, 0.3) is 0 Å². The highest BCUT2D eigenvalue weighted by molar-refractivity contribution is 7.99. The Morgan fingerprint density at radius 2 is 2.06 bits per heavy atom. The SMILES string of the molecule is CCC(NC1CCCC1SC)c1ccc(Cl)cc1. The maximum absolute atomic E-state index is 5.95. The molecule has 1 aliphatic carbocycles. The van der Waals surface area contributed by atoms with Gasteiger partial charge >= 0.3 is 0 Å². The molecule has 0 aromatic heterocycles. The van der Waals surface area contributed by atoms with Crippen LogP contribution in [0.1, 0.15) is 44.2 Å². The number of hydrogen-bond donors (Lipinski definition) is 1. The van der Waals surface area contributed by atoms with Gasteiger partial charge in [-0.1, -0.05) is 37.1 Å². The molecular weight excluding hydrogens is 262 g/mol. The molecule has 1 aromatic carbocycles. The van der Waals surface area contributed by atoms with E-state index in [9.17, 15) is 0 Å². The molecule has 1 fully saturated rings. The molecule has 1 nitrogen and oxygen atoms in total. The molecule has 3 heteroatoms. The molecule has 1 aromatic rings. The van der Waals surface area contributed by atoms with E-state index in [0.29, 0.717) is 12.1 Å². The average Bonchev–Trinajstić information content (AvgIpc) is 2.84. The Kier molecular flexibility index (Phi) is 5.40. The van der Waals surface area contributed by atoms with Crippen LogP contribution >= 0.6 is 23.4 Å². The van der Waals surface area contributed by atoms with E-state index in [4.69, 9.17) is 11.6 Å². The quantitative estimate of drug-likeness (QED) is 0.843. The first-order chi connectivity index (χ1) is 8.74. The minimum Gasteiger partial charge on any atom is -0.306 e. The van der Waals surface area contributed by atoms with Gasteiger partial charge < -0.3 is 5.32 Å². The second-order valence-corrected chi connectivity index (χ2v) is 6.50. The fourth-order valence-electron chi connectivity index (χ4n) is 2.80. The predicted octanol–water partition coefficient (Wildman–Crippen LogP) is 4.66. The topological polar surface area (TPSA) is 12.0 Å². The van der Waals surface area contributed by atoms with Crippen molar-refractivity contribution in [2.24, 2.45) is 0 Å². The number of halogens is 1. The third-order valence-corrected chi connectivity index (χ3v) is 5.27. The third-order valence-electron chi connectivity index (χ3n) is 3.85. The summed E-state index contributed by atoms with van der Waals surface area (Å²) in [7, 11) is 0. The Morgan fingerprint density at radius 3 is 2.67 bits per heavy atom. The van der Waals surface area contributed by atoms with Crippen molar-refractivity contribution in [3.63, 3.8) is 0 Å². The van der Waals surface area contributed by atoms with E-state index < -0.39 is 0 Å². The number of thioether (sulfide) groups is 1. The first-order valence-electron chi connectivity index (χ1n) is 6.79. The summed E-state index contributed by atoms with van der Waals surface area (Å²) in [6.07, 6.45) is 7.39. The van der Waals surface area contributed by atoms with Gasteiger partial charge in [0.15, 0.2) is 0 Å². The molecule has 1 saturated carbocycles. The zero-order valence-electron chi connectivity index (χ0n) is 11.2. The lowest BCUT2D eigenvalue weighted by Crippen LogP contribution is -2.36. The van der Waals surface area contributed by atoms with E-state index in [1.807, 2.05) is 23.9 Å². The summed E-state index contributed by atoms with van der Waals surface area (Å²) < 4.78 is 0. The van der Waals surface area contributed by atoms with Gasteiger partial charge in [-0.3, -0.25) is 0 Å². The van der Waals surface area contributed by atoms with Crippen molar-refractivity contribution in [2.75, 3.05) is 6.26 Å². The Balaban J connectivity index is 2.02. The van der Waals surface area contributed by atoms with E-state index in [1.54, 1.807) is 0 Å². The lowest BCUT2D eigenvalue weighted by Gasteiger charge is -2.26. The van der Waals surface area contributed by atoms with E-state index in [2.05, 4.69) is 30.6 Å². The van der Waals surface area contributed by atoms with Crippen LogP contribution in [0.3, 0.4) is 0 Å². The Morgan fingerprint density at radius 1 is 1.33 bits per heavy atom. The smallest absolute Gasteiger partial charge is 0.0406 e. The molecule has 0 bridgehead atoms. The molecule has 0 heterocycles. The standard InChI is InChI=1S/C15H22ClNS/c1-3-13(11-7-9-12(16)10-8-11)17-14-5-4-6-15(14)18-2/h7-10,13-15,17H,3-6H2,1-2H3. The molecular formula is C15H22ClNS. The normalized spacial score (nSPS) is 25.3. The summed E-state index contributed by atoms with van der Waals surface area (Å²) in [4.78, 5) is 0. The zero-order chi connectivity index (χ0) is 13.0. The molecule has 0 radical (unpaired) electrons. The number of rotatable bonds is 5. The minimum absolute atomic E-state index is 0.458. The molecule has 0 amide bonds. The van der Waals surface area contributed by atoms with Gasteiger partial charge in [0.1, 0.15) is 0 Å². The molecule has 1 N–H and O–H groups in total. The summed E-state index contributed by atoms with van der Waals surface area (Å²) in [5, 5.41) is 5.44. The molecule has 0 spiro atoms. The van der Waals surface area contributed by atoms with Crippen LogP contribution in [0.5, 0.6) is 0 Å². The van der Waals surface area contributed by atoms with Crippen molar-refractivity contribution in [3.05, 3.63) is 34.9 Å². The second-order valence-electron chi connectivity index (χ2n) is 4.99. The predicted molar refractivity (Wildman–Crippen MR) is 82.6 cm³/mol. The number of nitrogens with one attached hydrogen (secondary N) is 1. The summed E-state index contributed by atoms with van der Waals surface area (Å²) in [6, 6.07) is 9.39. The van der Waals surface area contributed by atoms with Crippen LogP contribution in [0.25, 0.3) is 0 Å². The van der Waals surface area contributed by atoms with Gasteiger partial charge in [-0.05, 0) is 43.2 Å². The van der Waals surface area contributed by atoms with Crippen molar-refractivity contribution in [2.45, 2.75) is 49.9 Å². The van der Waals surface area contributed by atoms with Crippen molar-refractivity contribution < 1.29 is 0 Å². The largest absolute Gasteiger partial charge is 0.306 e. The minimum atomic E-state index is 0.458. The Hall–Kier alpha value is -0.180. The van der Waals surface area contributed by atoms with Gasteiger partial charge in [-0.2, -0.15) is 11.8 Å². The number of hydrogen-bond acceptors (Lipinski definition) is 2. The van der Waals surface area contributed by atoms with Gasteiger partial charge in [0.2, 0.25) is 0 Å². The third kappa shape index (κ3) is 3.43. The highest BCUT2D eigenvalue weighted by atomic mass is 35.5. The average molecular weight is 284 g/mol. The van der Waals surface area contributed by atoms with E-state index in [1.165, 1.54) is 24.8 Å². The fraction of sp³-hybridized carbons (Fsp3) is 0.600. The van der Waals surface area contributed by atoms with Crippen molar-refractivity contribution in [3.8, 4) is 0 Å². The van der Waals surface area contributed by atoms with Crippen LogP contribution in [0, 0.1) is 0 Å². The van der Waals surface area contributed by atoms with Crippen LogP contribution in [-0.4, -0.2) is 17.5 Å². The first-order valence-corrected chi connectivity index (χ1v) is 8.45. The summed E-state index contributed by atoms with van der Waals surface area (Å²) in [6.45, 7) is 2.25. The lowest BCUT2D eigenvalue weighted by molar-refractivity contribution is 0.435. The molecule has 0 aliphatic heterocycles. The number of benzene rings is 1. The summed E-state index contributed by atoms with van der Waals surface area (Å²) in [5.41, 5.74) is 1.36. The van der Waals surface area contributed by atoms with Gasteiger partial charge in [-0.15, -0.1) is 0 Å². The second kappa shape index (κ2) is 6.83. The van der Waals surface area contributed by atoms with Gasteiger partial charge in [-0.25, -0.2) is 0 Å². The van der Waals surface area contributed by atoms with Crippen LogP contribution in [0.4, 0.5) is 0 Å². The summed E-state index contributed by atoms with van der Waals surface area (Å²) in [5.74, 6) is 0. The molecule has 18 heavy (non-hydrogen) atoms. The van der Waals surface area contributed by atoms with E-state index >= 15 is 0 Å². The van der Waals surface area contributed by atoms with E-state index in [0.717, 1.165) is 16.7 Å². The zero-order valence-corrected chi connectivity index (χ0v) is 12.7. The van der Waals surface area contributed by atoms with Gasteiger partial charge in [0.05, 0.1) is 0 Å². The van der Waals surface area contributed by atoms with Crippen LogP contribution in [0.15, 0.2) is 24.3 Å². The van der Waals surface area contributed by atoms with Crippen LogP contribution in [-0.2, 0) is 0 Å². The summed E-state index contributed by atoms with van der Waals surface area (Å²) >= 11 is 7.96. The van der Waals surface area contributed by atoms with Crippen molar-refractivity contribution in [1.82, 2.24) is 5.32 Å². The molecule has 3 atom stereocenters. The molecule has 100 valence electrons. The van der Waals surface area contributed by atoms with Crippen molar-refractivity contribution >= 4 is 23.4 Å². The van der Waals surface area contributed by atoms with Gasteiger partial charge in [0, 0.05) is 22.4 Å². The molecule has 1 aliphatic rings. The highest BCUT2D eigenvalue weighted by Gasteiger charge is 2.28. The Labute approximate surface area is 120 Å². The Bertz CT molecular complexity index is 365. The highest BCUT2D eigenvalue weighted by Crippen LogP contribution is 2.31. The van der Waals surface area contributed by atoms with E-state index in [-0.39, 0.29) is 0 Å². The first kappa shape index (κ1) is 14.2. The lowest BCUT2D eigenvalue weighted by atomic mass is 10.0. The maximum atomic E-state index is 5.95. The maximum Gasteiger partial charge on any atom is 0.0406 e. The van der Waals surface area contributed by atoms with Crippen LogP contribution in [0.2, 0.25) is 5.02 Å². The molecule has 2 rings (SSSR count).